The third-order valence-corrected chi connectivity index (χ3v) is 4.48. The standard InChI is InChI=1S/C10H18O6S2/c1-3-8-15-18(13,14)10-7-5-6-9-16-17(11,12)4-2/h1H,4-10H2,2H3. The van der Waals surface area contributed by atoms with Crippen LogP contribution in [-0.4, -0.2) is 41.6 Å². The van der Waals surface area contributed by atoms with Crippen LogP contribution in [0.25, 0.3) is 0 Å². The minimum Gasteiger partial charge on any atom is -0.270 e. The first-order chi connectivity index (χ1) is 8.33. The number of terminal acetylenes is 1. The van der Waals surface area contributed by atoms with Crippen molar-refractivity contribution in [3.8, 4) is 12.3 Å². The molecule has 0 bridgehead atoms. The summed E-state index contributed by atoms with van der Waals surface area (Å²) >= 11 is 0. The highest BCUT2D eigenvalue weighted by Gasteiger charge is 2.10. The van der Waals surface area contributed by atoms with Gasteiger partial charge in [0.15, 0.2) is 0 Å². The van der Waals surface area contributed by atoms with E-state index >= 15 is 0 Å². The van der Waals surface area contributed by atoms with Gasteiger partial charge in [0.1, 0.15) is 6.61 Å². The lowest BCUT2D eigenvalue weighted by atomic mass is 10.3. The Balaban J connectivity index is 3.67. The van der Waals surface area contributed by atoms with E-state index in [1.54, 1.807) is 0 Å². The maximum atomic E-state index is 11.2. The summed E-state index contributed by atoms with van der Waals surface area (Å²) in [6.07, 6.45) is 6.26. The molecule has 8 heteroatoms. The van der Waals surface area contributed by atoms with Gasteiger partial charge in [-0.2, -0.15) is 16.8 Å². The Morgan fingerprint density at radius 2 is 1.67 bits per heavy atom. The molecule has 0 aliphatic heterocycles. The summed E-state index contributed by atoms with van der Waals surface area (Å²) in [6, 6.07) is 0. The van der Waals surface area contributed by atoms with Gasteiger partial charge >= 0.3 is 0 Å². The zero-order valence-electron chi connectivity index (χ0n) is 10.3. The van der Waals surface area contributed by atoms with Crippen molar-refractivity contribution in [2.45, 2.75) is 26.2 Å². The van der Waals surface area contributed by atoms with Gasteiger partial charge in [-0.25, -0.2) is 0 Å². The maximum absolute atomic E-state index is 11.2. The van der Waals surface area contributed by atoms with E-state index in [2.05, 4.69) is 14.3 Å². The van der Waals surface area contributed by atoms with E-state index in [1.165, 1.54) is 6.92 Å². The molecule has 0 aliphatic carbocycles. The summed E-state index contributed by atoms with van der Waals surface area (Å²) in [5.41, 5.74) is 0. The summed E-state index contributed by atoms with van der Waals surface area (Å²) in [5, 5.41) is 0. The van der Waals surface area contributed by atoms with Crippen molar-refractivity contribution in [1.82, 2.24) is 0 Å². The SMILES string of the molecule is C#CCOS(=O)(=O)CCCCCOS(=O)(=O)CC. The molecule has 6 nitrogen and oxygen atoms in total. The summed E-state index contributed by atoms with van der Waals surface area (Å²) in [6.45, 7) is 1.30. The first-order valence-corrected chi connectivity index (χ1v) is 8.66. The van der Waals surface area contributed by atoms with Crippen LogP contribution in [-0.2, 0) is 28.6 Å². The van der Waals surface area contributed by atoms with E-state index in [9.17, 15) is 16.8 Å². The fourth-order valence-electron chi connectivity index (χ4n) is 1.01. The lowest BCUT2D eigenvalue weighted by Crippen LogP contribution is -2.12. The second kappa shape index (κ2) is 8.48. The lowest BCUT2D eigenvalue weighted by Gasteiger charge is -2.04. The van der Waals surface area contributed by atoms with E-state index < -0.39 is 20.2 Å². The van der Waals surface area contributed by atoms with Crippen molar-refractivity contribution >= 4 is 20.2 Å². The first kappa shape index (κ1) is 17.4. The van der Waals surface area contributed by atoms with Crippen LogP contribution in [0.2, 0.25) is 0 Å². The Morgan fingerprint density at radius 3 is 2.22 bits per heavy atom. The number of rotatable bonds is 10. The minimum atomic E-state index is -3.57. The number of hydrogen-bond donors (Lipinski definition) is 0. The number of unbranched alkanes of at least 4 members (excludes halogenated alkanes) is 2. The van der Waals surface area contributed by atoms with Gasteiger partial charge < -0.3 is 0 Å². The van der Waals surface area contributed by atoms with E-state index in [0.29, 0.717) is 19.3 Å². The summed E-state index contributed by atoms with van der Waals surface area (Å²) in [5.74, 6) is 1.87. The molecule has 0 saturated heterocycles. The lowest BCUT2D eigenvalue weighted by molar-refractivity contribution is 0.308. The Morgan fingerprint density at radius 1 is 1.00 bits per heavy atom. The van der Waals surface area contributed by atoms with Crippen LogP contribution >= 0.6 is 0 Å². The van der Waals surface area contributed by atoms with Gasteiger partial charge in [0.05, 0.1) is 18.1 Å². The van der Waals surface area contributed by atoms with Crippen molar-refractivity contribution in [2.24, 2.45) is 0 Å². The molecule has 0 amide bonds. The first-order valence-electron chi connectivity index (χ1n) is 5.50. The summed E-state index contributed by atoms with van der Waals surface area (Å²) < 4.78 is 53.4. The van der Waals surface area contributed by atoms with E-state index in [-0.39, 0.29) is 24.7 Å². The highest BCUT2D eigenvalue weighted by atomic mass is 32.2. The van der Waals surface area contributed by atoms with Crippen LogP contribution in [0.1, 0.15) is 26.2 Å². The molecular formula is C10H18O6S2. The fourth-order valence-corrected chi connectivity index (χ4v) is 2.47. The molecule has 0 saturated carbocycles. The van der Waals surface area contributed by atoms with Crippen LogP contribution in [0.15, 0.2) is 0 Å². The van der Waals surface area contributed by atoms with Gasteiger partial charge in [-0.15, -0.1) is 6.42 Å². The zero-order chi connectivity index (χ0) is 14.1. The molecule has 0 spiro atoms. The predicted octanol–water partition coefficient (Wildman–Crippen LogP) is 0.503. The molecule has 0 unspecified atom stereocenters. The van der Waals surface area contributed by atoms with E-state index in [4.69, 9.17) is 6.42 Å². The molecule has 106 valence electrons. The molecule has 0 aliphatic rings. The molecule has 0 rings (SSSR count). The Hall–Kier alpha value is -0.620. The van der Waals surface area contributed by atoms with Crippen molar-refractivity contribution in [3.63, 3.8) is 0 Å². The topological polar surface area (TPSA) is 86.7 Å². The Kier molecular flexibility index (Phi) is 8.18. The van der Waals surface area contributed by atoms with Crippen LogP contribution < -0.4 is 0 Å². The van der Waals surface area contributed by atoms with Crippen molar-refractivity contribution < 1.29 is 25.2 Å². The minimum absolute atomic E-state index is 0.0681. The molecule has 18 heavy (non-hydrogen) atoms. The number of hydrogen-bond acceptors (Lipinski definition) is 6. The average Bonchev–Trinajstić information content (AvgIpc) is 2.31. The highest BCUT2D eigenvalue weighted by Crippen LogP contribution is 2.03. The normalized spacial score (nSPS) is 12.2. The highest BCUT2D eigenvalue weighted by molar-refractivity contribution is 7.86. The molecule has 0 fully saturated rings. The second-order valence-corrected chi connectivity index (χ2v) is 7.14. The molecular weight excluding hydrogens is 280 g/mol. The maximum Gasteiger partial charge on any atom is 0.268 e. The molecule has 0 heterocycles. The Labute approximate surface area is 109 Å². The second-order valence-electron chi connectivity index (χ2n) is 3.46. The molecule has 0 aromatic rings. The van der Waals surface area contributed by atoms with Crippen molar-refractivity contribution in [2.75, 3.05) is 24.7 Å². The van der Waals surface area contributed by atoms with E-state index in [1.807, 2.05) is 0 Å². The monoisotopic (exact) mass is 298 g/mol. The molecule has 0 aromatic heterocycles. The molecule has 0 aromatic carbocycles. The van der Waals surface area contributed by atoms with Crippen molar-refractivity contribution in [1.29, 1.82) is 0 Å². The van der Waals surface area contributed by atoms with Crippen LogP contribution in [0.4, 0.5) is 0 Å². The van der Waals surface area contributed by atoms with Gasteiger partial charge in [0.2, 0.25) is 0 Å². The van der Waals surface area contributed by atoms with Crippen LogP contribution in [0.5, 0.6) is 0 Å². The largest absolute Gasteiger partial charge is 0.270 e. The summed E-state index contributed by atoms with van der Waals surface area (Å²) in [7, 11) is -6.98. The molecule has 0 N–H and O–H groups in total. The van der Waals surface area contributed by atoms with Gasteiger partial charge in [0, 0.05) is 0 Å². The predicted molar refractivity (Wildman–Crippen MR) is 67.8 cm³/mol. The van der Waals surface area contributed by atoms with Gasteiger partial charge in [-0.3, -0.25) is 8.37 Å². The summed E-state index contributed by atoms with van der Waals surface area (Å²) in [4.78, 5) is 0. The van der Waals surface area contributed by atoms with Crippen LogP contribution in [0.3, 0.4) is 0 Å². The van der Waals surface area contributed by atoms with Gasteiger partial charge in [-0.1, -0.05) is 12.3 Å². The fraction of sp³-hybridized carbons (Fsp3) is 0.800. The van der Waals surface area contributed by atoms with E-state index in [0.717, 1.165) is 0 Å². The molecule has 0 atom stereocenters. The van der Waals surface area contributed by atoms with Gasteiger partial charge in [-0.05, 0) is 19.8 Å². The smallest absolute Gasteiger partial charge is 0.268 e. The zero-order valence-corrected chi connectivity index (χ0v) is 11.9. The Bertz CT molecular complexity index is 457. The quantitative estimate of drug-likeness (QED) is 0.332. The van der Waals surface area contributed by atoms with Crippen LogP contribution in [0, 0.1) is 12.3 Å². The third-order valence-electron chi connectivity index (χ3n) is 1.98. The third kappa shape index (κ3) is 9.41. The molecule has 0 radical (unpaired) electrons. The average molecular weight is 298 g/mol. The van der Waals surface area contributed by atoms with Gasteiger partial charge in [0.25, 0.3) is 20.2 Å². The van der Waals surface area contributed by atoms with Crippen molar-refractivity contribution in [3.05, 3.63) is 0 Å².